The predicted octanol–water partition coefficient (Wildman–Crippen LogP) is 11.0. The van der Waals surface area contributed by atoms with E-state index in [0.717, 1.165) is 11.4 Å². The van der Waals surface area contributed by atoms with Crippen LogP contribution in [0.1, 0.15) is 0 Å². The van der Waals surface area contributed by atoms with E-state index >= 15 is 0 Å². The Morgan fingerprint density at radius 2 is 0.667 bits per heavy atom. The summed E-state index contributed by atoms with van der Waals surface area (Å²) in [7, 11) is 0. The molecule has 3 heteroatoms. The van der Waals surface area contributed by atoms with E-state index in [1.807, 2.05) is 0 Å². The molecule has 0 atom stereocenters. The second-order valence-corrected chi connectivity index (χ2v) is 12.1. The fourth-order valence-electron chi connectivity index (χ4n) is 8.22. The van der Waals surface area contributed by atoms with Gasteiger partial charge in [0.2, 0.25) is 0 Å². The molecule has 0 aliphatic rings. The van der Waals surface area contributed by atoms with Crippen LogP contribution in [0, 0.1) is 0 Å². The number of hydrogen-bond acceptors (Lipinski definition) is 0. The highest BCUT2D eigenvalue weighted by Gasteiger charge is 2.21. The quantitative estimate of drug-likeness (QED) is 0.196. The summed E-state index contributed by atoms with van der Waals surface area (Å²) in [6, 6.07) is 55.7. The van der Waals surface area contributed by atoms with Crippen molar-refractivity contribution in [2.24, 2.45) is 0 Å². The van der Waals surface area contributed by atoms with Crippen molar-refractivity contribution in [3.8, 4) is 11.4 Å². The normalized spacial score (nSPS) is 12.4. The van der Waals surface area contributed by atoms with Gasteiger partial charge in [-0.05, 0) is 66.0 Å². The van der Waals surface area contributed by atoms with Crippen molar-refractivity contribution in [1.29, 1.82) is 0 Å². The van der Waals surface area contributed by atoms with E-state index in [1.54, 1.807) is 0 Å². The molecule has 0 radical (unpaired) electrons. The van der Waals surface area contributed by atoms with Crippen LogP contribution in [0.5, 0.6) is 0 Å². The molecule has 0 N–H and O–H groups in total. The molecule has 0 aliphatic heterocycles. The van der Waals surface area contributed by atoms with Crippen LogP contribution in [0.2, 0.25) is 0 Å². The maximum atomic E-state index is 2.50. The van der Waals surface area contributed by atoms with Gasteiger partial charge < -0.3 is 13.5 Å². The zero-order chi connectivity index (χ0) is 29.2. The van der Waals surface area contributed by atoms with E-state index in [0.29, 0.717) is 0 Å². The van der Waals surface area contributed by atoms with Gasteiger partial charge in [-0.15, -0.1) is 0 Å². The molecule has 0 saturated carbocycles. The molecule has 0 unspecified atom stereocenters. The summed E-state index contributed by atoms with van der Waals surface area (Å²) in [5, 5.41) is 10.3. The Balaban J connectivity index is 1.24. The Kier molecular flexibility index (Phi) is 4.32. The van der Waals surface area contributed by atoms with E-state index in [4.69, 9.17) is 0 Å². The van der Waals surface area contributed by atoms with Crippen molar-refractivity contribution in [1.82, 2.24) is 13.5 Å². The number of benzene rings is 7. The van der Waals surface area contributed by atoms with Crippen molar-refractivity contribution in [3.05, 3.63) is 152 Å². The lowest BCUT2D eigenvalue weighted by atomic mass is 10.0. The average molecular weight is 572 g/mol. The summed E-state index contributed by atoms with van der Waals surface area (Å²) in [5.41, 5.74) is 11.0. The fraction of sp³-hybridized carbons (Fsp3) is 0. The van der Waals surface area contributed by atoms with Crippen molar-refractivity contribution >= 4 is 81.7 Å². The number of hydrogen-bond donors (Lipinski definition) is 0. The molecule has 45 heavy (non-hydrogen) atoms. The Hall–Kier alpha value is -6.06. The zero-order valence-corrected chi connectivity index (χ0v) is 24.3. The third kappa shape index (κ3) is 2.86. The molecule has 4 heterocycles. The number of aromatic nitrogens is 3. The third-order valence-electron chi connectivity index (χ3n) is 9.97. The molecule has 0 aliphatic carbocycles. The topological polar surface area (TPSA) is 14.3 Å². The summed E-state index contributed by atoms with van der Waals surface area (Å²) in [6.07, 6.45) is 0. The van der Waals surface area contributed by atoms with Crippen LogP contribution in [0.4, 0.5) is 0 Å². The van der Waals surface area contributed by atoms with Crippen LogP contribution in [-0.4, -0.2) is 13.5 Å². The molecule has 0 bridgehead atoms. The van der Waals surface area contributed by atoms with E-state index in [9.17, 15) is 0 Å². The van der Waals surface area contributed by atoms with Crippen LogP contribution < -0.4 is 0 Å². The minimum Gasteiger partial charge on any atom is -0.309 e. The van der Waals surface area contributed by atoms with Gasteiger partial charge in [-0.25, -0.2) is 0 Å². The van der Waals surface area contributed by atoms with Crippen LogP contribution in [0.25, 0.3) is 93.1 Å². The molecule has 0 spiro atoms. The first-order valence-electron chi connectivity index (χ1n) is 15.5. The smallest absolute Gasteiger partial charge is 0.0619 e. The fourth-order valence-corrected chi connectivity index (χ4v) is 8.22. The van der Waals surface area contributed by atoms with Crippen LogP contribution in [-0.2, 0) is 0 Å². The van der Waals surface area contributed by atoms with Gasteiger partial charge in [0.05, 0.1) is 38.6 Å². The third-order valence-corrected chi connectivity index (χ3v) is 9.97. The lowest BCUT2D eigenvalue weighted by Crippen LogP contribution is -1.97. The molecule has 3 nitrogen and oxygen atoms in total. The monoisotopic (exact) mass is 571 g/mol. The second-order valence-electron chi connectivity index (χ2n) is 12.1. The number of para-hydroxylation sites is 4. The van der Waals surface area contributed by atoms with Crippen molar-refractivity contribution < 1.29 is 0 Å². The Labute approximate surface area is 257 Å². The van der Waals surface area contributed by atoms with Gasteiger partial charge in [-0.1, -0.05) is 91.0 Å². The molecule has 208 valence electrons. The van der Waals surface area contributed by atoms with Gasteiger partial charge in [0.1, 0.15) is 0 Å². The van der Waals surface area contributed by atoms with Crippen molar-refractivity contribution in [2.75, 3.05) is 0 Å². The molecule has 0 amide bonds. The van der Waals surface area contributed by atoms with Crippen LogP contribution in [0.3, 0.4) is 0 Å². The van der Waals surface area contributed by atoms with Crippen molar-refractivity contribution in [2.45, 2.75) is 0 Å². The number of rotatable bonds is 2. The van der Waals surface area contributed by atoms with Gasteiger partial charge >= 0.3 is 0 Å². The average Bonchev–Trinajstić information content (AvgIpc) is 3.71. The number of nitrogens with zero attached hydrogens (tertiary/aromatic N) is 3. The number of fused-ring (bicyclic) bond motifs is 8. The first-order chi connectivity index (χ1) is 22.4. The molecule has 0 saturated heterocycles. The summed E-state index contributed by atoms with van der Waals surface area (Å²) < 4.78 is 7.33. The maximum absolute atomic E-state index is 2.50. The van der Waals surface area contributed by atoms with Crippen LogP contribution in [0.15, 0.2) is 152 Å². The molecule has 7 aromatic carbocycles. The first-order valence-corrected chi connectivity index (χ1v) is 15.5. The first kappa shape index (κ1) is 23.4. The second kappa shape index (κ2) is 8.31. The molecular formula is C42H25N3. The Morgan fingerprint density at radius 3 is 1.33 bits per heavy atom. The molecular weight excluding hydrogens is 546 g/mol. The van der Waals surface area contributed by atoms with E-state index in [1.165, 1.54) is 81.7 Å². The van der Waals surface area contributed by atoms with Crippen molar-refractivity contribution in [3.63, 3.8) is 0 Å². The Bertz CT molecular complexity index is 2910. The zero-order valence-electron chi connectivity index (χ0n) is 24.3. The van der Waals surface area contributed by atoms with Crippen LogP contribution >= 0.6 is 0 Å². The van der Waals surface area contributed by atoms with Gasteiger partial charge in [-0.2, -0.15) is 0 Å². The summed E-state index contributed by atoms with van der Waals surface area (Å²) in [6.45, 7) is 0. The van der Waals surface area contributed by atoms with E-state index in [2.05, 4.69) is 165 Å². The van der Waals surface area contributed by atoms with Gasteiger partial charge in [0.25, 0.3) is 0 Å². The summed E-state index contributed by atoms with van der Waals surface area (Å²) >= 11 is 0. The van der Waals surface area contributed by atoms with Gasteiger partial charge in [-0.3, -0.25) is 0 Å². The standard InChI is InChI=1S/C42H25N3/c1-4-16-34-28(10-1)29-11-2-5-17-35(29)43(34)26-22-24-27(25-23-26)44-37-19-8-13-31-33-15-7-14-32-30-12-3-6-18-36(30)45(42(32)33)39-21-9-20-38(44)41(39)40(31)37/h1-25H. The highest BCUT2D eigenvalue weighted by Crippen LogP contribution is 2.44. The molecule has 0 fully saturated rings. The molecule has 11 aromatic rings. The van der Waals surface area contributed by atoms with Gasteiger partial charge in [0.15, 0.2) is 0 Å². The summed E-state index contributed by atoms with van der Waals surface area (Å²) in [5.74, 6) is 0. The lowest BCUT2D eigenvalue weighted by molar-refractivity contribution is 1.14. The largest absolute Gasteiger partial charge is 0.309 e. The lowest BCUT2D eigenvalue weighted by Gasteiger charge is -2.12. The SMILES string of the molecule is c1ccc2c(c1)c1ccccc1n2-c1ccc(-n2c3cccc4c5cccc6c7ccccc7n(c7cccc2c7c43)c56)cc1. The minimum atomic E-state index is 1.16. The predicted molar refractivity (Wildman–Crippen MR) is 190 cm³/mol. The minimum absolute atomic E-state index is 1.16. The Morgan fingerprint density at radius 1 is 0.267 bits per heavy atom. The molecule has 4 aromatic heterocycles. The van der Waals surface area contributed by atoms with Gasteiger partial charge in [0, 0.05) is 49.1 Å². The van der Waals surface area contributed by atoms with E-state index < -0.39 is 0 Å². The maximum Gasteiger partial charge on any atom is 0.0619 e. The molecule has 11 rings (SSSR count). The summed E-state index contributed by atoms with van der Waals surface area (Å²) in [4.78, 5) is 0. The highest BCUT2D eigenvalue weighted by atomic mass is 15.0. The highest BCUT2D eigenvalue weighted by molar-refractivity contribution is 6.31. The van der Waals surface area contributed by atoms with E-state index in [-0.39, 0.29) is 0 Å².